The van der Waals surface area contributed by atoms with E-state index in [0.29, 0.717) is 11.8 Å². The second-order valence-corrected chi connectivity index (χ2v) is 12.1. The van der Waals surface area contributed by atoms with Crippen molar-refractivity contribution in [2.45, 2.75) is 39.5 Å². The Morgan fingerprint density at radius 2 is 1.58 bits per heavy atom. The molecule has 3 aromatic carbocycles. The van der Waals surface area contributed by atoms with Gasteiger partial charge in [0.1, 0.15) is 11.6 Å². The number of aromatic nitrogens is 4. The van der Waals surface area contributed by atoms with Gasteiger partial charge in [-0.05, 0) is 46.2 Å². The van der Waals surface area contributed by atoms with Gasteiger partial charge in [0.15, 0.2) is 0 Å². The average Bonchev–Trinajstić information content (AvgIpc) is 3.66. The molecule has 0 fully saturated rings. The maximum Gasteiger partial charge on any atom is 0.109 e. The van der Waals surface area contributed by atoms with Crippen LogP contribution < -0.4 is 0 Å². The second kappa shape index (κ2) is 8.02. The molecule has 4 nitrogen and oxygen atoms in total. The lowest BCUT2D eigenvalue weighted by Crippen LogP contribution is -1.88. The molecule has 0 saturated heterocycles. The van der Waals surface area contributed by atoms with Gasteiger partial charge in [-0.15, -0.1) is 22.7 Å². The summed E-state index contributed by atoms with van der Waals surface area (Å²) in [4.78, 5) is 17.8. The van der Waals surface area contributed by atoms with Crippen LogP contribution >= 0.6 is 22.7 Å². The van der Waals surface area contributed by atoms with Gasteiger partial charge < -0.3 is 9.97 Å². The van der Waals surface area contributed by atoms with Crippen LogP contribution in [0.25, 0.3) is 63.7 Å². The van der Waals surface area contributed by atoms with Gasteiger partial charge in [0.05, 0.1) is 27.8 Å². The SMILES string of the molecule is CC(C)c1ncc(-c2cc3ccc(-c4ccc5c(c4)c4sccc4c4nc(C(C)C)[nH]c54)cc3s2)[nH]1. The number of aromatic amines is 2. The Balaban J connectivity index is 1.36. The summed E-state index contributed by atoms with van der Waals surface area (Å²) >= 11 is 3.62. The van der Waals surface area contributed by atoms with E-state index in [9.17, 15) is 0 Å². The highest BCUT2D eigenvalue weighted by atomic mass is 32.1. The van der Waals surface area contributed by atoms with Crippen molar-refractivity contribution in [3.05, 3.63) is 71.8 Å². The summed E-state index contributed by atoms with van der Waals surface area (Å²) in [5.74, 6) is 2.83. The van der Waals surface area contributed by atoms with Crippen LogP contribution in [0, 0.1) is 0 Å². The molecular weight excluding hydrogens is 480 g/mol. The lowest BCUT2D eigenvalue weighted by atomic mass is 9.99. The molecule has 36 heavy (non-hydrogen) atoms. The predicted octanol–water partition coefficient (Wildman–Crippen LogP) is 9.45. The summed E-state index contributed by atoms with van der Waals surface area (Å²) in [5.41, 5.74) is 5.80. The Morgan fingerprint density at radius 3 is 2.39 bits per heavy atom. The fraction of sp³-hybridized carbons (Fsp3) is 0.200. The Kier molecular flexibility index (Phi) is 4.85. The van der Waals surface area contributed by atoms with Gasteiger partial charge in [0.2, 0.25) is 0 Å². The third-order valence-electron chi connectivity index (χ3n) is 6.98. The molecule has 6 heteroatoms. The van der Waals surface area contributed by atoms with Crippen molar-refractivity contribution >= 4 is 64.7 Å². The van der Waals surface area contributed by atoms with Gasteiger partial charge in [0, 0.05) is 37.4 Å². The lowest BCUT2D eigenvalue weighted by molar-refractivity contribution is 0.795. The Hall–Kier alpha value is -3.48. The lowest BCUT2D eigenvalue weighted by Gasteiger charge is -2.07. The number of thiophene rings is 2. The topological polar surface area (TPSA) is 57.4 Å². The number of hydrogen-bond acceptors (Lipinski definition) is 4. The number of nitrogens with zero attached hydrogens (tertiary/aromatic N) is 2. The van der Waals surface area contributed by atoms with Gasteiger partial charge in [-0.1, -0.05) is 52.0 Å². The minimum absolute atomic E-state index is 0.363. The quantitative estimate of drug-likeness (QED) is 0.250. The molecule has 0 amide bonds. The zero-order valence-corrected chi connectivity index (χ0v) is 22.3. The number of imidazole rings is 2. The summed E-state index contributed by atoms with van der Waals surface area (Å²) in [5, 5.41) is 7.21. The fourth-order valence-corrected chi connectivity index (χ4v) is 6.98. The summed E-state index contributed by atoms with van der Waals surface area (Å²) in [7, 11) is 0. The van der Waals surface area contributed by atoms with Gasteiger partial charge >= 0.3 is 0 Å². The highest BCUT2D eigenvalue weighted by molar-refractivity contribution is 7.22. The largest absolute Gasteiger partial charge is 0.341 e. The molecule has 0 aliphatic rings. The van der Waals surface area contributed by atoms with Crippen LogP contribution in [0.1, 0.15) is 51.2 Å². The number of fused-ring (bicyclic) bond motifs is 7. The maximum absolute atomic E-state index is 4.96. The molecule has 0 bridgehead atoms. The van der Waals surface area contributed by atoms with Gasteiger partial charge in [0.25, 0.3) is 0 Å². The van der Waals surface area contributed by atoms with Gasteiger partial charge in [-0.25, -0.2) is 9.97 Å². The van der Waals surface area contributed by atoms with Crippen LogP contribution in [0.5, 0.6) is 0 Å². The molecule has 0 spiro atoms. The molecule has 0 saturated carbocycles. The first-order valence-corrected chi connectivity index (χ1v) is 14.1. The normalized spacial score (nSPS) is 12.4. The van der Waals surface area contributed by atoms with E-state index < -0.39 is 0 Å². The first-order valence-electron chi connectivity index (χ1n) is 12.4. The number of nitrogens with one attached hydrogen (secondary N) is 2. The Labute approximate surface area is 217 Å². The molecule has 0 unspecified atom stereocenters. The molecule has 7 rings (SSSR count). The minimum Gasteiger partial charge on any atom is -0.341 e. The van der Waals surface area contributed by atoms with E-state index in [2.05, 4.69) is 96.6 Å². The molecule has 2 N–H and O–H groups in total. The maximum atomic E-state index is 4.96. The minimum atomic E-state index is 0.363. The molecule has 178 valence electrons. The fourth-order valence-electron chi connectivity index (χ4n) is 4.99. The van der Waals surface area contributed by atoms with Crippen molar-refractivity contribution in [2.24, 2.45) is 0 Å². The van der Waals surface area contributed by atoms with E-state index in [0.717, 1.165) is 28.4 Å². The number of benzene rings is 3. The van der Waals surface area contributed by atoms with Crippen LogP contribution in [-0.2, 0) is 0 Å². The number of H-pyrrole nitrogens is 2. The van der Waals surface area contributed by atoms with E-state index in [4.69, 9.17) is 4.98 Å². The van der Waals surface area contributed by atoms with E-state index in [1.54, 1.807) is 11.3 Å². The summed E-state index contributed by atoms with van der Waals surface area (Å²) in [6.45, 7) is 8.69. The highest BCUT2D eigenvalue weighted by Gasteiger charge is 2.16. The van der Waals surface area contributed by atoms with Crippen molar-refractivity contribution in [3.8, 4) is 21.7 Å². The zero-order valence-electron chi connectivity index (χ0n) is 20.6. The van der Waals surface area contributed by atoms with Crippen molar-refractivity contribution in [1.82, 2.24) is 19.9 Å². The molecule has 0 aliphatic heterocycles. The van der Waals surface area contributed by atoms with E-state index in [1.807, 2.05) is 17.5 Å². The number of hydrogen-bond donors (Lipinski definition) is 2. The third-order valence-corrected chi connectivity index (χ3v) is 9.06. The van der Waals surface area contributed by atoms with Crippen LogP contribution in [0.3, 0.4) is 0 Å². The van der Waals surface area contributed by atoms with Crippen LogP contribution in [0.2, 0.25) is 0 Å². The third kappa shape index (κ3) is 3.32. The van der Waals surface area contributed by atoms with Crippen molar-refractivity contribution in [2.75, 3.05) is 0 Å². The molecular formula is C30H26N4S2. The van der Waals surface area contributed by atoms with Gasteiger partial charge in [-0.3, -0.25) is 0 Å². The molecule has 4 heterocycles. The van der Waals surface area contributed by atoms with Crippen molar-refractivity contribution < 1.29 is 0 Å². The zero-order chi connectivity index (χ0) is 24.6. The van der Waals surface area contributed by atoms with Crippen molar-refractivity contribution in [3.63, 3.8) is 0 Å². The van der Waals surface area contributed by atoms with Crippen LogP contribution in [0.15, 0.2) is 60.1 Å². The molecule has 0 atom stereocenters. The van der Waals surface area contributed by atoms with Gasteiger partial charge in [-0.2, -0.15) is 0 Å². The second-order valence-electron chi connectivity index (χ2n) is 10.1. The molecule has 0 radical (unpaired) electrons. The predicted molar refractivity (Wildman–Crippen MR) is 156 cm³/mol. The first kappa shape index (κ1) is 21.8. The van der Waals surface area contributed by atoms with E-state index in [-0.39, 0.29) is 0 Å². The summed E-state index contributed by atoms with van der Waals surface area (Å²) in [6.07, 6.45) is 1.96. The van der Waals surface area contributed by atoms with E-state index >= 15 is 0 Å². The highest BCUT2D eigenvalue weighted by Crippen LogP contribution is 2.40. The Bertz CT molecular complexity index is 1910. The molecule has 4 aromatic heterocycles. The smallest absolute Gasteiger partial charge is 0.109 e. The van der Waals surface area contributed by atoms with Crippen LogP contribution in [-0.4, -0.2) is 19.9 Å². The Morgan fingerprint density at radius 1 is 0.778 bits per heavy atom. The standard InChI is InChI=1S/C30H26N4S2/c1-15(2)29-31-14-23(32-29)25-13-19-6-5-18(12-24(19)36-25)17-7-8-20-22(11-17)28-21(9-10-35-28)27-26(20)33-30(34-27)16(3)4/h5-16H,1-4H3,(H,31,32)(H,33,34). The van der Waals surface area contributed by atoms with Crippen LogP contribution in [0.4, 0.5) is 0 Å². The monoisotopic (exact) mass is 506 g/mol. The first-order chi connectivity index (χ1) is 17.5. The average molecular weight is 507 g/mol. The summed E-state index contributed by atoms with van der Waals surface area (Å²) in [6, 6.07) is 18.1. The summed E-state index contributed by atoms with van der Waals surface area (Å²) < 4.78 is 2.59. The van der Waals surface area contributed by atoms with E-state index in [1.165, 1.54) is 46.9 Å². The number of rotatable bonds is 4. The molecule has 7 aromatic rings. The molecule has 0 aliphatic carbocycles. The van der Waals surface area contributed by atoms with Crippen molar-refractivity contribution in [1.29, 1.82) is 0 Å².